The molecule has 2 N–H and O–H groups in total. The summed E-state index contributed by atoms with van der Waals surface area (Å²) < 4.78 is 18.7. The molecule has 33 heavy (non-hydrogen) atoms. The Bertz CT molecular complexity index is 1000. The molecule has 1 saturated heterocycles. The molecule has 0 bridgehead atoms. The maximum absolute atomic E-state index is 7.83. The summed E-state index contributed by atoms with van der Waals surface area (Å²) in [4.78, 5) is 4.75. The Morgan fingerprint density at radius 3 is 2.30 bits per heavy atom. The Hall–Kier alpha value is -2.00. The third-order valence-electron chi connectivity index (χ3n) is 7.21. The first-order chi connectivity index (χ1) is 15.1. The van der Waals surface area contributed by atoms with Crippen LogP contribution in [0.25, 0.3) is 0 Å². The molecular formula is C25H38BN3O3Si. The van der Waals surface area contributed by atoms with Crippen molar-refractivity contribution in [3.8, 4) is 0 Å². The van der Waals surface area contributed by atoms with Crippen molar-refractivity contribution in [2.45, 2.75) is 84.4 Å². The van der Waals surface area contributed by atoms with Gasteiger partial charge in [-0.25, -0.2) is 4.98 Å². The fourth-order valence-electron chi connectivity index (χ4n) is 3.17. The highest BCUT2D eigenvalue weighted by atomic mass is 28.4. The van der Waals surface area contributed by atoms with E-state index in [4.69, 9.17) is 24.1 Å². The number of aromatic nitrogens is 1. The summed E-state index contributed by atoms with van der Waals surface area (Å²) in [5.41, 5.74) is 2.51. The van der Waals surface area contributed by atoms with Crippen molar-refractivity contribution >= 4 is 38.6 Å². The quantitative estimate of drug-likeness (QED) is 0.407. The van der Waals surface area contributed by atoms with Crippen molar-refractivity contribution < 1.29 is 13.7 Å². The number of rotatable bonds is 7. The van der Waals surface area contributed by atoms with Crippen LogP contribution in [0.15, 0.2) is 36.4 Å². The van der Waals surface area contributed by atoms with E-state index in [1.165, 1.54) is 6.21 Å². The van der Waals surface area contributed by atoms with Gasteiger partial charge in [0.1, 0.15) is 5.82 Å². The molecule has 6 nitrogen and oxygen atoms in total. The second-order valence-corrected chi connectivity index (χ2v) is 16.1. The fraction of sp³-hybridized carbons (Fsp3) is 0.520. The smallest absolute Gasteiger partial charge is 0.411 e. The molecule has 3 rings (SSSR count). The highest BCUT2D eigenvalue weighted by molar-refractivity contribution is 6.74. The van der Waals surface area contributed by atoms with Gasteiger partial charge in [0, 0.05) is 17.5 Å². The van der Waals surface area contributed by atoms with E-state index in [0.29, 0.717) is 12.4 Å². The lowest BCUT2D eigenvalue weighted by molar-refractivity contribution is 0.00578. The summed E-state index contributed by atoms with van der Waals surface area (Å²) in [5.74, 6) is 0.709. The predicted molar refractivity (Wildman–Crippen MR) is 140 cm³/mol. The molecule has 1 aliphatic rings. The molecule has 0 atom stereocenters. The highest BCUT2D eigenvalue weighted by Gasteiger charge is 2.51. The molecule has 1 aromatic heterocycles. The van der Waals surface area contributed by atoms with E-state index in [1.54, 1.807) is 0 Å². The lowest BCUT2D eigenvalue weighted by Gasteiger charge is -2.36. The highest BCUT2D eigenvalue weighted by Crippen LogP contribution is 2.38. The number of pyridine rings is 1. The minimum atomic E-state index is -1.86. The van der Waals surface area contributed by atoms with Crippen molar-refractivity contribution in [1.29, 1.82) is 5.41 Å². The van der Waals surface area contributed by atoms with Gasteiger partial charge in [0.15, 0.2) is 8.32 Å². The Kier molecular flexibility index (Phi) is 6.97. The second-order valence-electron chi connectivity index (χ2n) is 11.3. The summed E-state index contributed by atoms with van der Waals surface area (Å²) in [6.07, 6.45) is 1.33. The summed E-state index contributed by atoms with van der Waals surface area (Å²) in [6, 6.07) is 11.7. The number of benzene rings is 1. The first kappa shape index (κ1) is 25.6. The molecule has 178 valence electrons. The van der Waals surface area contributed by atoms with E-state index >= 15 is 0 Å². The maximum Gasteiger partial charge on any atom is 0.494 e. The van der Waals surface area contributed by atoms with E-state index in [2.05, 4.69) is 39.2 Å². The average molecular weight is 467 g/mol. The van der Waals surface area contributed by atoms with Crippen LogP contribution in [0.5, 0.6) is 0 Å². The third kappa shape index (κ3) is 5.57. The third-order valence-corrected chi connectivity index (χ3v) is 11.7. The fourth-order valence-corrected chi connectivity index (χ4v) is 4.11. The monoisotopic (exact) mass is 467 g/mol. The van der Waals surface area contributed by atoms with E-state index < -0.39 is 26.6 Å². The van der Waals surface area contributed by atoms with Gasteiger partial charge in [-0.05, 0) is 69.5 Å². The van der Waals surface area contributed by atoms with Crippen LogP contribution >= 0.6 is 0 Å². The molecule has 2 aromatic rings. The summed E-state index contributed by atoms with van der Waals surface area (Å²) in [6.45, 7) is 19.8. The van der Waals surface area contributed by atoms with E-state index in [-0.39, 0.29) is 5.04 Å². The van der Waals surface area contributed by atoms with Gasteiger partial charge in [-0.3, -0.25) is 0 Å². The molecule has 0 saturated carbocycles. The van der Waals surface area contributed by atoms with E-state index in [9.17, 15) is 0 Å². The molecule has 0 radical (unpaired) electrons. The zero-order chi connectivity index (χ0) is 24.7. The van der Waals surface area contributed by atoms with Crippen molar-refractivity contribution in [3.05, 3.63) is 47.7 Å². The van der Waals surface area contributed by atoms with Gasteiger partial charge in [-0.1, -0.05) is 39.0 Å². The minimum Gasteiger partial charge on any atom is -0.411 e. The molecule has 8 heteroatoms. The van der Waals surface area contributed by atoms with Gasteiger partial charge in [0.25, 0.3) is 0 Å². The van der Waals surface area contributed by atoms with Crippen LogP contribution in [-0.2, 0) is 20.3 Å². The van der Waals surface area contributed by atoms with E-state index in [1.807, 2.05) is 64.1 Å². The lowest BCUT2D eigenvalue weighted by Crippen LogP contribution is -2.41. The number of nitrogens with zero attached hydrogens (tertiary/aromatic N) is 1. The van der Waals surface area contributed by atoms with Crippen LogP contribution < -0.4 is 10.8 Å². The Morgan fingerprint density at radius 1 is 1.09 bits per heavy atom. The molecule has 0 amide bonds. The molecule has 2 heterocycles. The number of hydrogen-bond acceptors (Lipinski definition) is 6. The Balaban J connectivity index is 1.80. The van der Waals surface area contributed by atoms with Crippen molar-refractivity contribution in [3.63, 3.8) is 0 Å². The molecule has 1 aliphatic heterocycles. The van der Waals surface area contributed by atoms with Gasteiger partial charge in [-0.15, -0.1) is 0 Å². The van der Waals surface area contributed by atoms with Crippen LogP contribution in [0, 0.1) is 5.41 Å². The van der Waals surface area contributed by atoms with Gasteiger partial charge < -0.3 is 24.5 Å². The number of hydrogen-bond donors (Lipinski definition) is 2. The first-order valence-electron chi connectivity index (χ1n) is 11.5. The second kappa shape index (κ2) is 8.98. The molecule has 0 unspecified atom stereocenters. The topological polar surface area (TPSA) is 76.5 Å². The van der Waals surface area contributed by atoms with Crippen molar-refractivity contribution in [1.82, 2.24) is 4.98 Å². The molecule has 1 fully saturated rings. The standard InChI is InChI=1S/C25H38BN3O3Si/c1-23(2,3)33(8,9)30-17-20-11-10-12-22(28-20)29-21-15-19(14-13-18(21)16-27)26-31-24(4,5)25(6,7)32-26/h10-16,27H,17H2,1-9H3,(H,28,29). The van der Waals surface area contributed by atoms with Gasteiger partial charge in [-0.2, -0.15) is 0 Å². The Morgan fingerprint density at radius 2 is 1.73 bits per heavy atom. The normalized spacial score (nSPS) is 17.8. The zero-order valence-corrected chi connectivity index (χ0v) is 22.5. The van der Waals surface area contributed by atoms with Gasteiger partial charge >= 0.3 is 7.12 Å². The van der Waals surface area contributed by atoms with Gasteiger partial charge in [0.05, 0.1) is 23.5 Å². The maximum atomic E-state index is 7.83. The average Bonchev–Trinajstić information content (AvgIpc) is 2.93. The van der Waals surface area contributed by atoms with Crippen LogP contribution in [0.3, 0.4) is 0 Å². The molecule has 1 aromatic carbocycles. The SMILES string of the molecule is CC1(C)OB(c2ccc(C=N)c(Nc3cccc(CO[Si](C)(C)C(C)(C)C)n3)c2)OC1(C)C. The lowest BCUT2D eigenvalue weighted by atomic mass is 9.78. The molecular weight excluding hydrogens is 429 g/mol. The minimum absolute atomic E-state index is 0.148. The van der Waals surface area contributed by atoms with Crippen LogP contribution in [0.4, 0.5) is 11.5 Å². The van der Waals surface area contributed by atoms with Crippen molar-refractivity contribution in [2.75, 3.05) is 5.32 Å². The first-order valence-corrected chi connectivity index (χ1v) is 14.4. The Labute approximate surface area is 200 Å². The van der Waals surface area contributed by atoms with Crippen LogP contribution in [0.2, 0.25) is 18.1 Å². The summed E-state index contributed by atoms with van der Waals surface area (Å²) in [7, 11) is -2.32. The predicted octanol–water partition coefficient (Wildman–Crippen LogP) is 5.64. The zero-order valence-electron chi connectivity index (χ0n) is 21.5. The van der Waals surface area contributed by atoms with E-state index in [0.717, 1.165) is 22.4 Å². The van der Waals surface area contributed by atoms with Gasteiger partial charge in [0.2, 0.25) is 0 Å². The summed E-state index contributed by atoms with van der Waals surface area (Å²) >= 11 is 0. The van der Waals surface area contributed by atoms with Crippen LogP contribution in [0.1, 0.15) is 59.7 Å². The molecule has 0 aliphatic carbocycles. The van der Waals surface area contributed by atoms with Crippen molar-refractivity contribution in [2.24, 2.45) is 0 Å². The summed E-state index contributed by atoms with van der Waals surface area (Å²) in [5, 5.41) is 11.4. The largest absolute Gasteiger partial charge is 0.494 e. The number of nitrogens with one attached hydrogen (secondary N) is 2. The number of anilines is 2. The van der Waals surface area contributed by atoms with Crippen LogP contribution in [-0.4, -0.2) is 37.8 Å². The molecule has 0 spiro atoms.